The smallest absolute Gasteiger partial charge is 0.257 e. The molecule has 0 saturated heterocycles. The van der Waals surface area contributed by atoms with Gasteiger partial charge in [0, 0.05) is 24.8 Å². The van der Waals surface area contributed by atoms with Crippen molar-refractivity contribution in [1.82, 2.24) is 14.7 Å². The van der Waals surface area contributed by atoms with E-state index < -0.39 is 0 Å². The molecule has 1 heterocycles. The van der Waals surface area contributed by atoms with E-state index in [1.807, 2.05) is 16.5 Å². The molecule has 0 atom stereocenters. The van der Waals surface area contributed by atoms with Gasteiger partial charge in [-0.2, -0.15) is 5.10 Å². The predicted octanol–water partition coefficient (Wildman–Crippen LogP) is 0.917. The quantitative estimate of drug-likeness (QED) is 0.783. The summed E-state index contributed by atoms with van der Waals surface area (Å²) in [4.78, 5) is 14.6. The largest absolute Gasteiger partial charge is 0.395 e. The molecule has 1 aromatic heterocycles. The van der Waals surface area contributed by atoms with Gasteiger partial charge in [-0.15, -0.1) is 0 Å². The van der Waals surface area contributed by atoms with Crippen molar-refractivity contribution >= 4 is 5.91 Å². The second-order valence-electron chi connectivity index (χ2n) is 5.67. The maximum Gasteiger partial charge on any atom is 0.257 e. The standard InChI is InChI=1S/C15H26N4O2/c1-12-14(11-17-19(12)8-4-7-16)15(21)18(9-10-20)13-5-2-3-6-13/h11,13,20H,2-10,16H2,1H3. The number of amides is 1. The Bertz CT molecular complexity index is 466. The third-order valence-electron chi connectivity index (χ3n) is 4.27. The number of aliphatic hydroxyl groups is 1. The van der Waals surface area contributed by atoms with Gasteiger partial charge in [0.25, 0.3) is 5.91 Å². The number of aryl methyl sites for hydroxylation is 1. The number of carbonyl (C=O) groups excluding carboxylic acids is 1. The Morgan fingerprint density at radius 3 is 2.86 bits per heavy atom. The van der Waals surface area contributed by atoms with Crippen molar-refractivity contribution in [1.29, 1.82) is 0 Å². The van der Waals surface area contributed by atoms with Crippen LogP contribution in [0, 0.1) is 6.92 Å². The zero-order valence-corrected chi connectivity index (χ0v) is 12.8. The van der Waals surface area contributed by atoms with E-state index in [0.717, 1.165) is 44.3 Å². The number of nitrogens with zero attached hydrogens (tertiary/aromatic N) is 3. The van der Waals surface area contributed by atoms with Crippen molar-refractivity contribution in [3.63, 3.8) is 0 Å². The molecule has 2 rings (SSSR count). The topological polar surface area (TPSA) is 84.4 Å². The second-order valence-corrected chi connectivity index (χ2v) is 5.67. The van der Waals surface area contributed by atoms with E-state index in [9.17, 15) is 9.90 Å². The summed E-state index contributed by atoms with van der Waals surface area (Å²) in [5, 5.41) is 13.5. The van der Waals surface area contributed by atoms with Gasteiger partial charge in [0.15, 0.2) is 0 Å². The first-order valence-corrected chi connectivity index (χ1v) is 7.83. The lowest BCUT2D eigenvalue weighted by Crippen LogP contribution is -2.40. The van der Waals surface area contributed by atoms with Crippen LogP contribution in [0.1, 0.15) is 48.2 Å². The van der Waals surface area contributed by atoms with Crippen molar-refractivity contribution in [2.24, 2.45) is 5.73 Å². The highest BCUT2D eigenvalue weighted by Gasteiger charge is 2.28. The van der Waals surface area contributed by atoms with Gasteiger partial charge >= 0.3 is 0 Å². The first-order chi connectivity index (χ1) is 10.2. The lowest BCUT2D eigenvalue weighted by Gasteiger charge is -2.28. The van der Waals surface area contributed by atoms with Crippen LogP contribution < -0.4 is 5.73 Å². The van der Waals surface area contributed by atoms with Crippen molar-refractivity contribution in [2.75, 3.05) is 19.7 Å². The monoisotopic (exact) mass is 294 g/mol. The number of nitrogens with two attached hydrogens (primary N) is 1. The summed E-state index contributed by atoms with van der Waals surface area (Å²) in [6, 6.07) is 0.261. The molecule has 1 aliphatic rings. The van der Waals surface area contributed by atoms with Crippen LogP contribution in [-0.2, 0) is 6.54 Å². The molecule has 6 heteroatoms. The SMILES string of the molecule is Cc1c(C(=O)N(CCO)C2CCCC2)cnn1CCCN. The number of aliphatic hydroxyl groups excluding tert-OH is 1. The van der Waals surface area contributed by atoms with Crippen LogP contribution in [0.15, 0.2) is 6.20 Å². The van der Waals surface area contributed by atoms with Gasteiger partial charge in [-0.1, -0.05) is 12.8 Å². The highest BCUT2D eigenvalue weighted by molar-refractivity contribution is 5.95. The number of hydrogen-bond acceptors (Lipinski definition) is 4. The van der Waals surface area contributed by atoms with Crippen molar-refractivity contribution in [3.8, 4) is 0 Å². The molecule has 1 aliphatic carbocycles. The van der Waals surface area contributed by atoms with Crippen LogP contribution in [-0.4, -0.2) is 51.4 Å². The molecule has 0 radical (unpaired) electrons. The molecule has 1 amide bonds. The van der Waals surface area contributed by atoms with Gasteiger partial charge in [0.05, 0.1) is 18.4 Å². The number of rotatable bonds is 7. The summed E-state index contributed by atoms with van der Waals surface area (Å²) in [6.07, 6.45) is 6.88. The zero-order chi connectivity index (χ0) is 15.2. The molecule has 1 saturated carbocycles. The number of carbonyl (C=O) groups is 1. The van der Waals surface area contributed by atoms with Crippen molar-refractivity contribution in [2.45, 2.75) is 51.6 Å². The molecule has 0 spiro atoms. The van der Waals surface area contributed by atoms with E-state index >= 15 is 0 Å². The maximum atomic E-state index is 12.8. The fourth-order valence-electron chi connectivity index (χ4n) is 3.05. The highest BCUT2D eigenvalue weighted by atomic mass is 16.3. The van der Waals surface area contributed by atoms with E-state index in [2.05, 4.69) is 5.10 Å². The van der Waals surface area contributed by atoms with E-state index in [1.54, 1.807) is 6.20 Å². The minimum Gasteiger partial charge on any atom is -0.395 e. The fourth-order valence-corrected chi connectivity index (χ4v) is 3.05. The summed E-state index contributed by atoms with van der Waals surface area (Å²) in [6.45, 7) is 3.67. The first-order valence-electron chi connectivity index (χ1n) is 7.83. The summed E-state index contributed by atoms with van der Waals surface area (Å²) in [7, 11) is 0. The van der Waals surface area contributed by atoms with Gasteiger partial charge in [0.1, 0.15) is 0 Å². The predicted molar refractivity (Wildman–Crippen MR) is 81.0 cm³/mol. The minimum absolute atomic E-state index is 0.00258. The molecular formula is C15H26N4O2. The molecule has 1 fully saturated rings. The summed E-state index contributed by atoms with van der Waals surface area (Å²) >= 11 is 0. The molecule has 0 unspecified atom stereocenters. The fraction of sp³-hybridized carbons (Fsp3) is 0.733. The van der Waals surface area contributed by atoms with Gasteiger partial charge in [-0.25, -0.2) is 0 Å². The first kappa shape index (κ1) is 16.0. The second kappa shape index (κ2) is 7.56. The van der Waals surface area contributed by atoms with E-state index in [4.69, 9.17) is 5.73 Å². The molecule has 1 aromatic rings. The van der Waals surface area contributed by atoms with Gasteiger partial charge in [-0.05, 0) is 32.7 Å². The van der Waals surface area contributed by atoms with E-state index in [1.165, 1.54) is 0 Å². The van der Waals surface area contributed by atoms with Gasteiger partial charge < -0.3 is 15.7 Å². The summed E-state index contributed by atoms with van der Waals surface area (Å²) in [5.41, 5.74) is 7.05. The average Bonchev–Trinajstić information content (AvgIpc) is 3.12. The maximum absolute atomic E-state index is 12.8. The lowest BCUT2D eigenvalue weighted by atomic mass is 10.1. The van der Waals surface area contributed by atoms with Gasteiger partial charge in [-0.3, -0.25) is 9.48 Å². The molecule has 0 aromatic carbocycles. The molecule has 0 aliphatic heterocycles. The number of hydrogen-bond donors (Lipinski definition) is 2. The van der Waals surface area contributed by atoms with Crippen molar-refractivity contribution < 1.29 is 9.90 Å². The average molecular weight is 294 g/mol. The van der Waals surface area contributed by atoms with Crippen LogP contribution in [0.3, 0.4) is 0 Å². The van der Waals surface area contributed by atoms with E-state index in [0.29, 0.717) is 18.7 Å². The van der Waals surface area contributed by atoms with Crippen LogP contribution >= 0.6 is 0 Å². The molecule has 0 bridgehead atoms. The molecule has 6 nitrogen and oxygen atoms in total. The Morgan fingerprint density at radius 1 is 1.52 bits per heavy atom. The Labute approximate surface area is 125 Å². The molecule has 21 heavy (non-hydrogen) atoms. The molecule has 118 valence electrons. The van der Waals surface area contributed by atoms with Crippen LogP contribution in [0.4, 0.5) is 0 Å². The minimum atomic E-state index is -0.00699. The molecular weight excluding hydrogens is 268 g/mol. The Kier molecular flexibility index (Phi) is 5.76. The Balaban J connectivity index is 2.14. The number of aromatic nitrogens is 2. The normalized spacial score (nSPS) is 15.6. The summed E-state index contributed by atoms with van der Waals surface area (Å²) < 4.78 is 1.84. The van der Waals surface area contributed by atoms with Crippen LogP contribution in [0.25, 0.3) is 0 Å². The van der Waals surface area contributed by atoms with Gasteiger partial charge in [0.2, 0.25) is 0 Å². The van der Waals surface area contributed by atoms with Crippen LogP contribution in [0.5, 0.6) is 0 Å². The molecule has 3 N–H and O–H groups in total. The van der Waals surface area contributed by atoms with Crippen LogP contribution in [0.2, 0.25) is 0 Å². The lowest BCUT2D eigenvalue weighted by molar-refractivity contribution is 0.0637. The summed E-state index contributed by atoms with van der Waals surface area (Å²) in [5.74, 6) is -0.00699. The third-order valence-corrected chi connectivity index (χ3v) is 4.27. The Morgan fingerprint density at radius 2 is 2.24 bits per heavy atom. The highest BCUT2D eigenvalue weighted by Crippen LogP contribution is 2.25. The van der Waals surface area contributed by atoms with E-state index in [-0.39, 0.29) is 18.6 Å². The Hall–Kier alpha value is -1.40. The zero-order valence-electron chi connectivity index (χ0n) is 12.8. The third kappa shape index (κ3) is 3.63. The van der Waals surface area contributed by atoms with Crippen molar-refractivity contribution in [3.05, 3.63) is 17.5 Å².